The molecule has 1 aromatic rings. The number of carboxylic acid groups (broad SMARTS) is 1. The Morgan fingerprint density at radius 3 is 2.22 bits per heavy atom. The summed E-state index contributed by atoms with van der Waals surface area (Å²) in [4.78, 5) is 33.2. The molecule has 0 radical (unpaired) electrons. The average molecular weight is 458 g/mol. The highest BCUT2D eigenvalue weighted by Crippen LogP contribution is 2.20. The van der Waals surface area contributed by atoms with Gasteiger partial charge in [-0.3, -0.25) is 9.59 Å². The van der Waals surface area contributed by atoms with E-state index in [0.29, 0.717) is 18.0 Å². The molecule has 0 aromatic heterocycles. The van der Waals surface area contributed by atoms with Crippen molar-refractivity contribution in [3.8, 4) is 5.75 Å². The zero-order chi connectivity index (χ0) is 24.3. The van der Waals surface area contributed by atoms with Gasteiger partial charge in [-0.1, -0.05) is 19.9 Å². The molecular weight excluding hydrogens is 429 g/mol. The van der Waals surface area contributed by atoms with Gasteiger partial charge >= 0.3 is 12.1 Å². The van der Waals surface area contributed by atoms with Crippen molar-refractivity contribution in [2.45, 2.75) is 45.3 Å². The molecule has 1 aromatic carbocycles. The third-order valence-electron chi connectivity index (χ3n) is 4.57. The van der Waals surface area contributed by atoms with Gasteiger partial charge in [0.1, 0.15) is 11.5 Å². The van der Waals surface area contributed by atoms with E-state index in [0.717, 1.165) is 25.1 Å². The van der Waals surface area contributed by atoms with E-state index in [4.69, 9.17) is 14.6 Å². The monoisotopic (exact) mass is 458 g/mol. The van der Waals surface area contributed by atoms with E-state index in [-0.39, 0.29) is 23.7 Å². The van der Waals surface area contributed by atoms with Gasteiger partial charge in [0.15, 0.2) is 0 Å². The van der Waals surface area contributed by atoms with Crippen molar-refractivity contribution in [3.63, 3.8) is 0 Å². The third kappa shape index (κ3) is 10.4. The molecule has 0 bridgehead atoms. The lowest BCUT2D eigenvalue weighted by Gasteiger charge is -2.27. The Morgan fingerprint density at radius 2 is 1.81 bits per heavy atom. The number of ketones is 1. The lowest BCUT2D eigenvalue weighted by Crippen LogP contribution is -2.48. The third-order valence-corrected chi connectivity index (χ3v) is 4.57. The molecule has 2 atom stereocenters. The summed E-state index contributed by atoms with van der Waals surface area (Å²) in [7, 11) is 1.60. The highest BCUT2D eigenvalue weighted by Gasteiger charge is 2.38. The first-order chi connectivity index (χ1) is 14.9. The van der Waals surface area contributed by atoms with Gasteiger partial charge in [0.05, 0.1) is 13.2 Å². The maximum absolute atomic E-state index is 12.2. The number of hydrogen-bond acceptors (Lipinski definition) is 5. The number of nitrogens with one attached hydrogen (secondary N) is 2. The number of rotatable bonds is 9. The minimum atomic E-state index is -5.08. The van der Waals surface area contributed by atoms with Gasteiger partial charge in [0, 0.05) is 12.1 Å². The number of ether oxygens (including phenoxy) is 1. The molecule has 2 rings (SSSR count). The fourth-order valence-electron chi connectivity index (χ4n) is 2.88. The molecule has 3 N–H and O–H groups in total. The van der Waals surface area contributed by atoms with Gasteiger partial charge < -0.3 is 20.5 Å². The number of anilines is 1. The van der Waals surface area contributed by atoms with Crippen LogP contribution in [0, 0.1) is 11.8 Å². The number of halogens is 3. The molecule has 1 heterocycles. The maximum atomic E-state index is 12.2. The molecule has 1 fully saturated rings. The second kappa shape index (κ2) is 12.8. The number of carbonyl (C=O) groups excluding carboxylic acids is 2. The van der Waals surface area contributed by atoms with Gasteiger partial charge in [0.25, 0.3) is 0 Å². The maximum Gasteiger partial charge on any atom is 0.490 e. The molecule has 1 aliphatic rings. The van der Waals surface area contributed by atoms with Crippen molar-refractivity contribution in [1.82, 2.24) is 5.32 Å². The molecule has 1 aliphatic heterocycles. The van der Waals surface area contributed by atoms with Crippen molar-refractivity contribution in [3.05, 3.63) is 36.4 Å². The average Bonchev–Trinajstić information content (AvgIpc) is 2.64. The standard InChI is InChI=1S/C20H28N2O3.C2HF3O2/c1-14(2)12-15(13-19(23)18-10-11-21-18)4-9-20(24)22-16-5-7-17(25-3)8-6-16;3-2(4,5)1(6)7/h4-9,14-15,18,21H,10-13H2,1-3H3,(H,22,24);(H,6,7)/b9-4+;/t15-,18+;/m1./s1. The van der Waals surface area contributed by atoms with Crippen LogP contribution in [0.3, 0.4) is 0 Å². The van der Waals surface area contributed by atoms with Crippen molar-refractivity contribution in [2.24, 2.45) is 11.8 Å². The number of carbonyl (C=O) groups is 3. The molecule has 178 valence electrons. The van der Waals surface area contributed by atoms with E-state index >= 15 is 0 Å². The number of alkyl halides is 3. The van der Waals surface area contributed by atoms with Crippen LogP contribution in [-0.2, 0) is 14.4 Å². The number of carboxylic acids is 1. The SMILES string of the molecule is COc1ccc(NC(=O)/C=C/[C@@H](CC(=O)[C@@H]2CCN2)CC(C)C)cc1.O=C(O)C(F)(F)F. The predicted octanol–water partition coefficient (Wildman–Crippen LogP) is 3.81. The zero-order valence-electron chi connectivity index (χ0n) is 18.2. The van der Waals surface area contributed by atoms with Crippen LogP contribution in [0.1, 0.15) is 33.1 Å². The minimum absolute atomic E-state index is 0.0104. The van der Waals surface area contributed by atoms with Crippen molar-refractivity contribution < 1.29 is 37.4 Å². The Hall–Kier alpha value is -2.88. The predicted molar refractivity (Wildman–Crippen MR) is 113 cm³/mol. The Balaban J connectivity index is 0.000000633. The van der Waals surface area contributed by atoms with E-state index in [9.17, 15) is 22.8 Å². The molecule has 0 spiro atoms. The highest BCUT2D eigenvalue weighted by atomic mass is 19.4. The Morgan fingerprint density at radius 1 is 1.25 bits per heavy atom. The number of methoxy groups -OCH3 is 1. The van der Waals surface area contributed by atoms with Crippen LogP contribution in [0.5, 0.6) is 5.75 Å². The van der Waals surface area contributed by atoms with Gasteiger partial charge in [-0.2, -0.15) is 13.2 Å². The van der Waals surface area contributed by atoms with E-state index in [1.54, 1.807) is 37.5 Å². The number of Topliss-reactive ketones (excluding diaryl/α,β-unsaturated/α-hetero) is 1. The Labute approximate surface area is 185 Å². The topological polar surface area (TPSA) is 105 Å². The molecule has 1 amide bonds. The van der Waals surface area contributed by atoms with Crippen LogP contribution in [0.15, 0.2) is 36.4 Å². The molecule has 7 nitrogen and oxygen atoms in total. The summed E-state index contributed by atoms with van der Waals surface area (Å²) in [6.45, 7) is 5.18. The molecule has 0 unspecified atom stereocenters. The van der Waals surface area contributed by atoms with Gasteiger partial charge in [-0.15, -0.1) is 0 Å². The van der Waals surface area contributed by atoms with Crippen LogP contribution in [0.2, 0.25) is 0 Å². The first kappa shape index (κ1) is 27.2. The van der Waals surface area contributed by atoms with E-state index < -0.39 is 12.1 Å². The summed E-state index contributed by atoms with van der Waals surface area (Å²) in [5.74, 6) is -1.38. The summed E-state index contributed by atoms with van der Waals surface area (Å²) in [6, 6.07) is 7.19. The molecule has 1 saturated heterocycles. The lowest BCUT2D eigenvalue weighted by atomic mass is 9.88. The summed E-state index contributed by atoms with van der Waals surface area (Å²) in [5, 5.41) is 13.1. The fraction of sp³-hybridized carbons (Fsp3) is 0.500. The van der Waals surface area contributed by atoms with E-state index in [2.05, 4.69) is 24.5 Å². The zero-order valence-corrected chi connectivity index (χ0v) is 18.2. The fourth-order valence-corrected chi connectivity index (χ4v) is 2.88. The molecule has 10 heteroatoms. The van der Waals surface area contributed by atoms with Gasteiger partial charge in [-0.05, 0) is 61.6 Å². The Kier molecular flexibility index (Phi) is 10.9. The van der Waals surface area contributed by atoms with Crippen molar-refractivity contribution in [2.75, 3.05) is 19.0 Å². The van der Waals surface area contributed by atoms with Crippen LogP contribution < -0.4 is 15.4 Å². The van der Waals surface area contributed by atoms with Gasteiger partial charge in [0.2, 0.25) is 5.91 Å². The van der Waals surface area contributed by atoms with Gasteiger partial charge in [-0.25, -0.2) is 4.79 Å². The van der Waals surface area contributed by atoms with Crippen LogP contribution in [0.25, 0.3) is 0 Å². The summed E-state index contributed by atoms with van der Waals surface area (Å²) in [5.41, 5.74) is 0.714. The minimum Gasteiger partial charge on any atom is -0.497 e. The molecule has 32 heavy (non-hydrogen) atoms. The van der Waals surface area contributed by atoms with Crippen LogP contribution in [-0.4, -0.2) is 48.6 Å². The largest absolute Gasteiger partial charge is 0.497 e. The number of amides is 1. The Bertz CT molecular complexity index is 788. The first-order valence-electron chi connectivity index (χ1n) is 10.1. The van der Waals surface area contributed by atoms with Crippen LogP contribution in [0.4, 0.5) is 18.9 Å². The van der Waals surface area contributed by atoms with Crippen LogP contribution >= 0.6 is 0 Å². The normalized spacial score (nSPS) is 16.5. The smallest absolute Gasteiger partial charge is 0.490 e. The van der Waals surface area contributed by atoms with E-state index in [1.807, 2.05) is 6.08 Å². The molecular formula is C22H29F3N2O5. The lowest BCUT2D eigenvalue weighted by molar-refractivity contribution is -0.192. The van der Waals surface area contributed by atoms with Crippen molar-refractivity contribution in [1.29, 1.82) is 0 Å². The second-order valence-electron chi connectivity index (χ2n) is 7.74. The molecule has 0 saturated carbocycles. The number of hydrogen-bond donors (Lipinski definition) is 3. The first-order valence-corrected chi connectivity index (χ1v) is 10.1. The quantitative estimate of drug-likeness (QED) is 0.486. The molecule has 0 aliphatic carbocycles. The number of benzene rings is 1. The van der Waals surface area contributed by atoms with E-state index in [1.165, 1.54) is 0 Å². The summed E-state index contributed by atoms with van der Waals surface area (Å²) >= 11 is 0. The number of aliphatic carboxylic acids is 1. The summed E-state index contributed by atoms with van der Waals surface area (Å²) in [6.07, 6.45) is 0.635. The number of allylic oxidation sites excluding steroid dienone is 1. The highest BCUT2D eigenvalue weighted by molar-refractivity contribution is 5.99. The summed E-state index contributed by atoms with van der Waals surface area (Å²) < 4.78 is 36.8. The van der Waals surface area contributed by atoms with Crippen molar-refractivity contribution >= 4 is 23.3 Å². The second-order valence-corrected chi connectivity index (χ2v) is 7.74.